The van der Waals surface area contributed by atoms with Gasteiger partial charge in [-0.15, -0.1) is 10.2 Å². The van der Waals surface area contributed by atoms with Gasteiger partial charge in [-0.2, -0.15) is 0 Å². The number of H-pyrrole nitrogens is 1. The van der Waals surface area contributed by atoms with Gasteiger partial charge in [-0.3, -0.25) is 0 Å². The van der Waals surface area contributed by atoms with Crippen molar-refractivity contribution in [2.45, 2.75) is 17.3 Å². The fraction of sp³-hybridized carbons (Fsp3) is 0.167. The van der Waals surface area contributed by atoms with Gasteiger partial charge >= 0.3 is 0 Å². The van der Waals surface area contributed by atoms with Crippen molar-refractivity contribution in [2.24, 2.45) is 0 Å². The third-order valence-corrected chi connectivity index (χ3v) is 4.75. The lowest BCUT2D eigenvalue weighted by Crippen LogP contribution is -1.89. The molecule has 0 aliphatic carbocycles. The first-order valence-corrected chi connectivity index (χ1v) is 8.70. The summed E-state index contributed by atoms with van der Waals surface area (Å²) in [5.41, 5.74) is 2.82. The molecular weight excluding hydrogens is 336 g/mol. The summed E-state index contributed by atoms with van der Waals surface area (Å²) in [7, 11) is 1.64. The molecule has 4 aromatic rings. The summed E-state index contributed by atoms with van der Waals surface area (Å²) in [6.45, 7) is 2.02. The predicted octanol–water partition coefficient (Wildman–Crippen LogP) is 4.47. The van der Waals surface area contributed by atoms with Crippen LogP contribution in [0.25, 0.3) is 22.5 Å². The predicted molar refractivity (Wildman–Crippen MR) is 96.7 cm³/mol. The van der Waals surface area contributed by atoms with Crippen LogP contribution in [-0.4, -0.2) is 27.3 Å². The Labute approximate surface area is 148 Å². The third kappa shape index (κ3) is 3.23. The average Bonchev–Trinajstić information content (AvgIpc) is 3.28. The van der Waals surface area contributed by atoms with Gasteiger partial charge in [-0.25, -0.2) is 4.98 Å². The molecule has 0 aliphatic rings. The lowest BCUT2D eigenvalue weighted by Gasteiger charge is -2.03. The van der Waals surface area contributed by atoms with E-state index < -0.39 is 0 Å². The molecule has 7 heteroatoms. The smallest absolute Gasteiger partial charge is 0.247 e. The Bertz CT molecular complexity index is 961. The molecule has 0 amide bonds. The Hall–Kier alpha value is -2.80. The molecule has 6 nitrogen and oxygen atoms in total. The number of nitrogens with zero attached hydrogens (tertiary/aromatic N) is 3. The average molecular weight is 352 g/mol. The normalized spacial score (nSPS) is 12.4. The van der Waals surface area contributed by atoms with E-state index in [1.165, 1.54) is 0 Å². The van der Waals surface area contributed by atoms with Gasteiger partial charge in [0.15, 0.2) is 5.16 Å². The molecule has 126 valence electrons. The first-order chi connectivity index (χ1) is 12.2. The van der Waals surface area contributed by atoms with Crippen molar-refractivity contribution in [3.8, 4) is 17.2 Å². The van der Waals surface area contributed by atoms with Gasteiger partial charge in [0, 0.05) is 5.56 Å². The van der Waals surface area contributed by atoms with Crippen LogP contribution in [0.2, 0.25) is 0 Å². The highest BCUT2D eigenvalue weighted by Gasteiger charge is 2.18. The number of imidazole rings is 1. The highest BCUT2D eigenvalue weighted by molar-refractivity contribution is 7.99. The molecule has 0 radical (unpaired) electrons. The number of aromatic nitrogens is 4. The van der Waals surface area contributed by atoms with E-state index in [1.54, 1.807) is 18.9 Å². The standard InChI is InChI=1S/C18H16N4O2S/c1-11(25-18-19-14-5-3-4-6-15(14)20-18)16-21-22-17(24-16)12-7-9-13(23-2)10-8-12/h3-11H,1-2H3,(H,19,20)/t11-/m1/s1. The Morgan fingerprint density at radius 3 is 2.64 bits per heavy atom. The van der Waals surface area contributed by atoms with Crippen molar-refractivity contribution in [3.05, 3.63) is 54.4 Å². The first kappa shape index (κ1) is 15.7. The molecule has 0 bridgehead atoms. The Morgan fingerprint density at radius 2 is 1.88 bits per heavy atom. The van der Waals surface area contributed by atoms with Crippen molar-refractivity contribution in [1.82, 2.24) is 20.2 Å². The van der Waals surface area contributed by atoms with Crippen LogP contribution < -0.4 is 4.74 Å². The van der Waals surface area contributed by atoms with E-state index >= 15 is 0 Å². The van der Waals surface area contributed by atoms with Crippen LogP contribution in [0.4, 0.5) is 0 Å². The van der Waals surface area contributed by atoms with Gasteiger partial charge in [0.2, 0.25) is 11.8 Å². The minimum atomic E-state index is -0.0138. The minimum Gasteiger partial charge on any atom is -0.497 e. The molecular formula is C18H16N4O2S. The zero-order valence-electron chi connectivity index (χ0n) is 13.8. The zero-order chi connectivity index (χ0) is 17.2. The summed E-state index contributed by atoms with van der Waals surface area (Å²) in [6, 6.07) is 15.5. The molecule has 0 spiro atoms. The molecule has 0 unspecified atom stereocenters. The second-order valence-corrected chi connectivity index (χ2v) is 6.82. The van der Waals surface area contributed by atoms with Gasteiger partial charge in [0.25, 0.3) is 0 Å². The van der Waals surface area contributed by atoms with Gasteiger partial charge in [-0.05, 0) is 43.3 Å². The van der Waals surface area contributed by atoms with Gasteiger partial charge in [-0.1, -0.05) is 23.9 Å². The number of benzene rings is 2. The van der Waals surface area contributed by atoms with Crippen molar-refractivity contribution >= 4 is 22.8 Å². The Balaban J connectivity index is 1.52. The zero-order valence-corrected chi connectivity index (χ0v) is 14.6. The van der Waals surface area contributed by atoms with Gasteiger partial charge in [0.1, 0.15) is 5.75 Å². The van der Waals surface area contributed by atoms with Crippen LogP contribution in [0.1, 0.15) is 18.1 Å². The molecule has 1 atom stereocenters. The summed E-state index contributed by atoms with van der Waals surface area (Å²) < 4.78 is 11.0. The van der Waals surface area contributed by atoms with E-state index in [2.05, 4.69) is 20.2 Å². The molecule has 4 rings (SSSR count). The summed E-state index contributed by atoms with van der Waals surface area (Å²) in [4.78, 5) is 7.86. The van der Waals surface area contributed by atoms with Crippen molar-refractivity contribution in [3.63, 3.8) is 0 Å². The van der Waals surface area contributed by atoms with E-state index in [1.807, 2.05) is 55.5 Å². The van der Waals surface area contributed by atoms with Crippen molar-refractivity contribution in [2.75, 3.05) is 7.11 Å². The molecule has 0 saturated heterocycles. The number of aromatic amines is 1. The van der Waals surface area contributed by atoms with Crippen LogP contribution >= 0.6 is 11.8 Å². The number of para-hydroxylation sites is 2. The molecule has 2 aromatic carbocycles. The maximum atomic E-state index is 5.83. The lowest BCUT2D eigenvalue weighted by atomic mass is 10.2. The molecule has 0 saturated carbocycles. The fourth-order valence-electron chi connectivity index (χ4n) is 2.45. The lowest BCUT2D eigenvalue weighted by molar-refractivity contribution is 0.415. The Kier molecular flexibility index (Phi) is 4.15. The quantitative estimate of drug-likeness (QED) is 0.534. The maximum Gasteiger partial charge on any atom is 0.247 e. The number of hydrogen-bond acceptors (Lipinski definition) is 6. The molecule has 1 N–H and O–H groups in total. The van der Waals surface area contributed by atoms with Gasteiger partial charge in [0.05, 0.1) is 23.4 Å². The van der Waals surface area contributed by atoms with E-state index in [0.717, 1.165) is 27.5 Å². The number of hydrogen-bond donors (Lipinski definition) is 1. The molecule has 25 heavy (non-hydrogen) atoms. The van der Waals surface area contributed by atoms with E-state index in [-0.39, 0.29) is 5.25 Å². The SMILES string of the molecule is COc1ccc(-c2nnc([C@@H](C)Sc3nc4ccccc4[nH]3)o2)cc1. The summed E-state index contributed by atoms with van der Waals surface area (Å²) in [5.74, 6) is 1.85. The number of fused-ring (bicyclic) bond motifs is 1. The number of ether oxygens (including phenoxy) is 1. The maximum absolute atomic E-state index is 5.83. The first-order valence-electron chi connectivity index (χ1n) is 7.82. The number of methoxy groups -OCH3 is 1. The molecule has 2 heterocycles. The summed E-state index contributed by atoms with van der Waals surface area (Å²) in [6.07, 6.45) is 0. The molecule has 2 aromatic heterocycles. The van der Waals surface area contributed by atoms with Crippen LogP contribution in [-0.2, 0) is 0 Å². The van der Waals surface area contributed by atoms with Crippen LogP contribution in [0.15, 0.2) is 58.1 Å². The van der Waals surface area contributed by atoms with Crippen LogP contribution in [0, 0.1) is 0 Å². The molecule has 0 aliphatic heterocycles. The van der Waals surface area contributed by atoms with Crippen molar-refractivity contribution in [1.29, 1.82) is 0 Å². The topological polar surface area (TPSA) is 76.8 Å². The van der Waals surface area contributed by atoms with Crippen LogP contribution in [0.5, 0.6) is 5.75 Å². The summed E-state index contributed by atoms with van der Waals surface area (Å²) in [5, 5.41) is 9.14. The van der Waals surface area contributed by atoms with E-state index in [9.17, 15) is 0 Å². The highest BCUT2D eigenvalue weighted by Crippen LogP contribution is 2.34. The summed E-state index contributed by atoms with van der Waals surface area (Å²) >= 11 is 1.55. The number of thioether (sulfide) groups is 1. The molecule has 0 fully saturated rings. The number of rotatable bonds is 5. The third-order valence-electron chi connectivity index (χ3n) is 3.78. The second kappa shape index (κ2) is 6.60. The fourth-order valence-corrected chi connectivity index (χ4v) is 3.30. The minimum absolute atomic E-state index is 0.0138. The number of nitrogens with one attached hydrogen (secondary N) is 1. The monoisotopic (exact) mass is 352 g/mol. The van der Waals surface area contributed by atoms with E-state index in [4.69, 9.17) is 9.15 Å². The largest absolute Gasteiger partial charge is 0.497 e. The van der Waals surface area contributed by atoms with E-state index in [0.29, 0.717) is 11.8 Å². The second-order valence-electron chi connectivity index (χ2n) is 5.49. The van der Waals surface area contributed by atoms with Crippen molar-refractivity contribution < 1.29 is 9.15 Å². The van der Waals surface area contributed by atoms with Crippen LogP contribution in [0.3, 0.4) is 0 Å². The Morgan fingerprint density at radius 1 is 1.08 bits per heavy atom. The van der Waals surface area contributed by atoms with Gasteiger partial charge < -0.3 is 14.1 Å². The highest BCUT2D eigenvalue weighted by atomic mass is 32.2.